The lowest BCUT2D eigenvalue weighted by Gasteiger charge is -2.22. The number of carbonyl (C=O) groups excluding carboxylic acids is 6. The first-order valence-electron chi connectivity index (χ1n) is 32.3. The largest absolute Gasteiger partial charge is 0.358 e. The molecule has 0 aliphatic rings. The molecular weight excluding hydrogens is 1140 g/mol. The Morgan fingerprint density at radius 2 is 0.626 bits per heavy atom. The highest BCUT2D eigenvalue weighted by Gasteiger charge is 2.27. The summed E-state index contributed by atoms with van der Waals surface area (Å²) in [6, 6.07) is 44.0. The normalized spacial score (nSPS) is 12.4. The molecule has 18 heteroatoms. The van der Waals surface area contributed by atoms with Crippen molar-refractivity contribution in [3.63, 3.8) is 0 Å². The minimum absolute atomic E-state index is 0.118. The zero-order chi connectivity index (χ0) is 64.2. The molecule has 6 aromatic carbocycles. The van der Waals surface area contributed by atoms with Crippen molar-refractivity contribution >= 4 is 85.2 Å². The summed E-state index contributed by atoms with van der Waals surface area (Å²) in [6.45, 7) is 7.51. The highest BCUT2D eigenvalue weighted by molar-refractivity contribution is 6.01. The van der Waals surface area contributed by atoms with Gasteiger partial charge in [0.15, 0.2) is 0 Å². The first kappa shape index (κ1) is 66.1. The van der Waals surface area contributed by atoms with Gasteiger partial charge in [-0.25, -0.2) is 0 Å². The van der Waals surface area contributed by atoms with Crippen LogP contribution in [-0.4, -0.2) is 88.2 Å². The molecule has 0 radical (unpaired) electrons. The number of hydrogen-bond donors (Lipinski definition) is 12. The number of hydrogen-bond acceptors (Lipinski definition) is 9. The number of anilines is 3. The Kier molecular flexibility index (Phi) is 23.5. The van der Waals surface area contributed by atoms with E-state index in [9.17, 15) is 28.8 Å². The molecule has 0 aliphatic carbocycles. The third-order valence-corrected chi connectivity index (χ3v) is 17.1. The Balaban J connectivity index is 0.942. The molecular formula is C73H88N12O6. The lowest BCUT2D eigenvalue weighted by atomic mass is 9.85. The van der Waals surface area contributed by atoms with E-state index in [1.807, 2.05) is 166 Å². The van der Waals surface area contributed by atoms with Gasteiger partial charge in [-0.05, 0) is 185 Å². The second-order valence-corrected chi connectivity index (χ2v) is 23.5. The number of para-hydroxylation sites is 3. The number of aromatic nitrogens is 3. The van der Waals surface area contributed by atoms with Gasteiger partial charge in [0.2, 0.25) is 35.4 Å². The summed E-state index contributed by atoms with van der Waals surface area (Å²) < 4.78 is 0. The summed E-state index contributed by atoms with van der Waals surface area (Å²) in [5.41, 5.74) is 30.4. The summed E-state index contributed by atoms with van der Waals surface area (Å²) in [5.74, 6) is -2.19. The van der Waals surface area contributed by atoms with Gasteiger partial charge in [-0.3, -0.25) is 28.8 Å². The second-order valence-electron chi connectivity index (χ2n) is 23.5. The van der Waals surface area contributed by atoms with Gasteiger partial charge in [-0.2, -0.15) is 0 Å². The van der Waals surface area contributed by atoms with Crippen LogP contribution in [0.1, 0.15) is 135 Å². The van der Waals surface area contributed by atoms with Crippen LogP contribution in [0.4, 0.5) is 17.1 Å². The van der Waals surface area contributed by atoms with E-state index < -0.39 is 18.1 Å². The number of aromatic amines is 3. The molecule has 0 spiro atoms. The van der Waals surface area contributed by atoms with Gasteiger partial charge in [0.25, 0.3) is 0 Å². The number of benzene rings is 6. The number of carbonyl (C=O) groups is 6. The molecule has 3 aromatic heterocycles. The quantitative estimate of drug-likeness (QED) is 0.0137. The van der Waals surface area contributed by atoms with Crippen molar-refractivity contribution in [3.05, 3.63) is 196 Å². The van der Waals surface area contributed by atoms with Crippen LogP contribution in [0.3, 0.4) is 0 Å². The number of unbranched alkanes of at least 4 members (excludes halogenated alkanes) is 3. The van der Waals surface area contributed by atoms with E-state index >= 15 is 0 Å². The zero-order valence-corrected chi connectivity index (χ0v) is 52.6. The average molecular weight is 1230 g/mol. The molecule has 6 amide bonds. The van der Waals surface area contributed by atoms with Crippen LogP contribution in [0.5, 0.6) is 0 Å². The predicted molar refractivity (Wildman–Crippen MR) is 365 cm³/mol. The first-order valence-corrected chi connectivity index (χ1v) is 32.3. The van der Waals surface area contributed by atoms with E-state index in [0.717, 1.165) is 102 Å². The minimum Gasteiger partial charge on any atom is -0.358 e. The molecule has 0 bridgehead atoms. The number of nitrogens with two attached hydrogens (primary N) is 3. The zero-order valence-electron chi connectivity index (χ0n) is 52.6. The van der Waals surface area contributed by atoms with Gasteiger partial charge in [0.05, 0.1) is 19.3 Å². The Bertz CT molecular complexity index is 3520. The fourth-order valence-corrected chi connectivity index (χ4v) is 12.3. The summed E-state index contributed by atoms with van der Waals surface area (Å²) in [4.78, 5) is 94.2. The Morgan fingerprint density at radius 1 is 0.363 bits per heavy atom. The van der Waals surface area contributed by atoms with E-state index in [-0.39, 0.29) is 60.6 Å². The molecule has 15 N–H and O–H groups in total. The molecule has 0 saturated heterocycles. The Hall–Kier alpha value is -9.36. The smallest absolute Gasteiger partial charge is 0.246 e. The maximum absolute atomic E-state index is 14.2. The number of amides is 6. The third kappa shape index (κ3) is 17.1. The monoisotopic (exact) mass is 1230 g/mol. The minimum atomic E-state index is -0.812. The molecule has 0 aliphatic heterocycles. The molecule has 9 rings (SSSR count). The van der Waals surface area contributed by atoms with E-state index in [0.29, 0.717) is 94.5 Å². The Morgan fingerprint density at radius 3 is 0.879 bits per heavy atom. The highest BCUT2D eigenvalue weighted by Crippen LogP contribution is 2.35. The van der Waals surface area contributed by atoms with E-state index in [1.54, 1.807) is 0 Å². The second kappa shape index (κ2) is 32.4. The fraction of sp³-hybridized carbons (Fsp3) is 0.342. The molecule has 3 atom stereocenters. The maximum atomic E-state index is 14.2. The summed E-state index contributed by atoms with van der Waals surface area (Å²) in [5, 5.41) is 21.2. The summed E-state index contributed by atoms with van der Waals surface area (Å²) >= 11 is 0. The standard InChI is InChI=1S/C73H88N12O6/c1-4-58-55(52-19-7-10-22-61(52)80-58)43-67(86)83-64(25-13-16-40-74)71(89)77-49-34-28-46(29-35-49)70(47-30-36-50(37-31-47)78-72(90)65(26-14-17-41-75)84-68(87)44-56-53-20-8-11-23-62(53)81-59(56)5-2)48-32-38-51(39-33-48)79-73(91)66(27-15-18-42-76)85-69(88)45-57-54-21-9-12-24-63(54)82-60(57)6-3/h7-12,19-24,28-39,64-66,70,80-82H,4-6,13-18,25-27,40-45,74-76H2,1-3H3,(H,77,89)(H,78,90)(H,79,91)(H,83,86)(H,84,87)(H,85,88)/t64-,65-,66-/m1/s1. The van der Waals surface area contributed by atoms with Crippen molar-refractivity contribution in [2.75, 3.05) is 35.6 Å². The summed E-state index contributed by atoms with van der Waals surface area (Å²) in [7, 11) is 0. The van der Waals surface area contributed by atoms with Gasteiger partial charge in [-0.15, -0.1) is 0 Å². The van der Waals surface area contributed by atoms with Crippen molar-refractivity contribution in [1.82, 2.24) is 30.9 Å². The molecule has 3 heterocycles. The number of rotatable bonds is 33. The van der Waals surface area contributed by atoms with E-state index in [4.69, 9.17) is 17.2 Å². The molecule has 476 valence electrons. The fourth-order valence-electron chi connectivity index (χ4n) is 12.3. The number of aryl methyl sites for hydroxylation is 3. The number of nitrogens with one attached hydrogen (secondary N) is 9. The lowest BCUT2D eigenvalue weighted by molar-refractivity contribution is -0.126. The van der Waals surface area contributed by atoms with Crippen LogP contribution in [-0.2, 0) is 67.3 Å². The van der Waals surface area contributed by atoms with Gasteiger partial charge in [-0.1, -0.05) is 112 Å². The van der Waals surface area contributed by atoms with Crippen LogP contribution >= 0.6 is 0 Å². The van der Waals surface area contributed by atoms with Crippen molar-refractivity contribution < 1.29 is 28.8 Å². The van der Waals surface area contributed by atoms with E-state index in [2.05, 4.69) is 46.9 Å². The predicted octanol–water partition coefficient (Wildman–Crippen LogP) is 10.4. The lowest BCUT2D eigenvalue weighted by Crippen LogP contribution is -2.44. The highest BCUT2D eigenvalue weighted by atomic mass is 16.2. The van der Waals surface area contributed by atoms with Crippen LogP contribution in [0, 0.1) is 0 Å². The molecule has 9 aromatic rings. The number of fused-ring (bicyclic) bond motifs is 3. The summed E-state index contributed by atoms with van der Waals surface area (Å²) in [6.07, 6.45) is 7.75. The Labute approximate surface area is 532 Å². The van der Waals surface area contributed by atoms with Crippen molar-refractivity contribution in [2.45, 2.75) is 141 Å². The van der Waals surface area contributed by atoms with E-state index in [1.165, 1.54) is 0 Å². The van der Waals surface area contributed by atoms with Crippen LogP contribution in [0.2, 0.25) is 0 Å². The van der Waals surface area contributed by atoms with Gasteiger partial charge < -0.3 is 64.1 Å². The van der Waals surface area contributed by atoms with Crippen LogP contribution in [0.15, 0.2) is 146 Å². The molecule has 0 fully saturated rings. The van der Waals surface area contributed by atoms with Gasteiger partial charge in [0.1, 0.15) is 18.1 Å². The molecule has 0 saturated carbocycles. The molecule has 18 nitrogen and oxygen atoms in total. The molecule has 0 unspecified atom stereocenters. The van der Waals surface area contributed by atoms with Gasteiger partial charge in [0, 0.05) is 72.8 Å². The SMILES string of the molecule is CCc1[nH]c2ccccc2c1CC(=O)N[C@H](CCCCN)C(=O)Nc1ccc(C(c2ccc(NC(=O)[C@@H](CCCCN)NC(=O)Cc3c(CC)[nH]c4ccccc34)cc2)c2ccc(NC(=O)[C@@H](CCCCN)NC(=O)Cc3c(CC)[nH]c4ccccc34)cc2)cc1. The average Bonchev–Trinajstić information content (AvgIpc) is 1.93. The van der Waals surface area contributed by atoms with Crippen LogP contribution in [0.25, 0.3) is 32.7 Å². The molecule has 91 heavy (non-hydrogen) atoms. The van der Waals surface area contributed by atoms with Gasteiger partial charge >= 0.3 is 0 Å². The maximum Gasteiger partial charge on any atom is 0.246 e. The van der Waals surface area contributed by atoms with Crippen molar-refractivity contribution in [3.8, 4) is 0 Å². The third-order valence-electron chi connectivity index (χ3n) is 17.1. The topological polar surface area (TPSA) is 300 Å². The van der Waals surface area contributed by atoms with Crippen molar-refractivity contribution in [1.29, 1.82) is 0 Å². The van der Waals surface area contributed by atoms with Crippen molar-refractivity contribution in [2.24, 2.45) is 17.2 Å². The first-order chi connectivity index (χ1) is 44.3. The number of H-pyrrole nitrogens is 3. The van der Waals surface area contributed by atoms with Crippen LogP contribution < -0.4 is 49.1 Å².